The standard InChI is InChI=1S/C35H43N/c1-3-4-5-6-7-8-9-10-11-12-13-14-17-27-20-22-29-28(26-27)21-23-32-30(29)24-25-33-31-18-15-16-19-34(31)36(2)35(32)33/h15-16,18-26H,3-14,17H2,1-2H3. The molecule has 1 heterocycles. The van der Waals surface area contributed by atoms with E-state index in [-0.39, 0.29) is 0 Å². The van der Waals surface area contributed by atoms with Gasteiger partial charge in [0, 0.05) is 28.7 Å². The van der Waals surface area contributed by atoms with Gasteiger partial charge in [0.25, 0.3) is 0 Å². The third-order valence-electron chi connectivity index (χ3n) is 8.26. The number of fused-ring (bicyclic) bond motifs is 7. The minimum absolute atomic E-state index is 1.20. The third-order valence-corrected chi connectivity index (χ3v) is 8.26. The first kappa shape index (κ1) is 24.9. The zero-order valence-corrected chi connectivity index (χ0v) is 22.5. The SMILES string of the molecule is CCCCCCCCCCCCCCc1ccc2c(ccc3c2ccc2c4ccccc4n(C)c32)c1. The second kappa shape index (κ2) is 12.0. The molecule has 0 amide bonds. The van der Waals surface area contributed by atoms with Gasteiger partial charge in [0.15, 0.2) is 0 Å². The number of unbranched alkanes of at least 4 members (excludes halogenated alkanes) is 11. The van der Waals surface area contributed by atoms with E-state index in [0.29, 0.717) is 0 Å². The zero-order valence-electron chi connectivity index (χ0n) is 22.5. The number of hydrogen-bond donors (Lipinski definition) is 0. The minimum Gasteiger partial charge on any atom is -0.343 e. The first-order chi connectivity index (χ1) is 17.8. The number of aryl methyl sites for hydroxylation is 2. The summed E-state index contributed by atoms with van der Waals surface area (Å²) in [5, 5.41) is 8.16. The molecule has 0 radical (unpaired) electrons. The lowest BCUT2D eigenvalue weighted by Gasteiger charge is -2.09. The predicted molar refractivity (Wildman–Crippen MR) is 160 cm³/mol. The number of nitrogens with zero attached hydrogens (tertiary/aromatic N) is 1. The van der Waals surface area contributed by atoms with Crippen LogP contribution < -0.4 is 0 Å². The van der Waals surface area contributed by atoms with Crippen LogP contribution in [-0.4, -0.2) is 4.57 Å². The molecule has 5 rings (SSSR count). The molecule has 1 heteroatoms. The van der Waals surface area contributed by atoms with E-state index in [4.69, 9.17) is 0 Å². The van der Waals surface area contributed by atoms with Gasteiger partial charge >= 0.3 is 0 Å². The van der Waals surface area contributed by atoms with Crippen molar-refractivity contribution in [3.05, 3.63) is 72.3 Å². The van der Waals surface area contributed by atoms with Crippen molar-refractivity contribution in [2.24, 2.45) is 7.05 Å². The summed E-state index contributed by atoms with van der Waals surface area (Å²) in [7, 11) is 2.20. The fourth-order valence-electron chi connectivity index (χ4n) is 6.20. The highest BCUT2D eigenvalue weighted by Gasteiger charge is 2.12. The molecule has 4 aromatic carbocycles. The van der Waals surface area contributed by atoms with Crippen LogP contribution in [0.25, 0.3) is 43.4 Å². The van der Waals surface area contributed by atoms with Crippen molar-refractivity contribution in [2.45, 2.75) is 90.4 Å². The smallest absolute Gasteiger partial charge is 0.0568 e. The van der Waals surface area contributed by atoms with Gasteiger partial charge in [0.2, 0.25) is 0 Å². The lowest BCUT2D eigenvalue weighted by molar-refractivity contribution is 0.544. The molecule has 0 bridgehead atoms. The number of aromatic nitrogens is 1. The van der Waals surface area contributed by atoms with Crippen LogP contribution in [-0.2, 0) is 13.5 Å². The second-order valence-corrected chi connectivity index (χ2v) is 10.9. The fraction of sp³-hybridized carbons (Fsp3) is 0.429. The molecule has 1 nitrogen and oxygen atoms in total. The topological polar surface area (TPSA) is 4.93 Å². The van der Waals surface area contributed by atoms with E-state index in [1.807, 2.05) is 0 Å². The molecule has 0 aliphatic heterocycles. The molecule has 5 aromatic rings. The van der Waals surface area contributed by atoms with Crippen molar-refractivity contribution in [1.29, 1.82) is 0 Å². The molecule has 0 unspecified atom stereocenters. The van der Waals surface area contributed by atoms with Crippen molar-refractivity contribution in [2.75, 3.05) is 0 Å². The van der Waals surface area contributed by atoms with Crippen LogP contribution in [0.2, 0.25) is 0 Å². The van der Waals surface area contributed by atoms with Gasteiger partial charge in [-0.25, -0.2) is 0 Å². The highest BCUT2D eigenvalue weighted by Crippen LogP contribution is 2.36. The Kier molecular flexibility index (Phi) is 8.26. The maximum absolute atomic E-state index is 2.43. The molecule has 0 aliphatic carbocycles. The highest BCUT2D eigenvalue weighted by atomic mass is 14.9. The molecule has 36 heavy (non-hydrogen) atoms. The quantitative estimate of drug-likeness (QED) is 0.117. The second-order valence-electron chi connectivity index (χ2n) is 10.9. The summed E-state index contributed by atoms with van der Waals surface area (Å²) in [5.74, 6) is 0. The van der Waals surface area contributed by atoms with E-state index in [2.05, 4.69) is 85.3 Å². The maximum atomic E-state index is 2.43. The Balaban J connectivity index is 1.18. The molecule has 0 aliphatic rings. The van der Waals surface area contributed by atoms with E-state index < -0.39 is 0 Å². The van der Waals surface area contributed by atoms with Crippen molar-refractivity contribution in [1.82, 2.24) is 4.57 Å². The molecular formula is C35H43N. The summed E-state index contributed by atoms with van der Waals surface area (Å²) < 4.78 is 2.36. The molecule has 188 valence electrons. The number of hydrogen-bond acceptors (Lipinski definition) is 0. The van der Waals surface area contributed by atoms with E-state index in [0.717, 1.165) is 0 Å². The molecule has 0 atom stereocenters. The van der Waals surface area contributed by atoms with Crippen LogP contribution in [0, 0.1) is 0 Å². The molecule has 0 saturated carbocycles. The maximum Gasteiger partial charge on any atom is 0.0568 e. The van der Waals surface area contributed by atoms with Gasteiger partial charge in [-0.3, -0.25) is 0 Å². The summed E-state index contributed by atoms with van der Waals surface area (Å²) in [4.78, 5) is 0. The summed E-state index contributed by atoms with van der Waals surface area (Å²) in [6.07, 6.45) is 18.1. The van der Waals surface area contributed by atoms with Gasteiger partial charge in [0.05, 0.1) is 5.52 Å². The average Bonchev–Trinajstić information content (AvgIpc) is 3.21. The van der Waals surface area contributed by atoms with E-state index >= 15 is 0 Å². The van der Waals surface area contributed by atoms with Gasteiger partial charge in [-0.2, -0.15) is 0 Å². The van der Waals surface area contributed by atoms with Crippen LogP contribution in [0.3, 0.4) is 0 Å². The first-order valence-corrected chi connectivity index (χ1v) is 14.6. The Morgan fingerprint density at radius 2 is 1.11 bits per heavy atom. The van der Waals surface area contributed by atoms with Crippen molar-refractivity contribution in [3.63, 3.8) is 0 Å². The van der Waals surface area contributed by atoms with Crippen LogP contribution in [0.5, 0.6) is 0 Å². The Morgan fingerprint density at radius 1 is 0.528 bits per heavy atom. The molecular weight excluding hydrogens is 434 g/mol. The largest absolute Gasteiger partial charge is 0.343 e. The highest BCUT2D eigenvalue weighted by molar-refractivity contribution is 6.22. The number of benzene rings is 4. The molecule has 0 saturated heterocycles. The van der Waals surface area contributed by atoms with Gasteiger partial charge in [-0.15, -0.1) is 0 Å². The average molecular weight is 478 g/mol. The Morgan fingerprint density at radius 3 is 1.86 bits per heavy atom. The van der Waals surface area contributed by atoms with Crippen molar-refractivity contribution >= 4 is 43.4 Å². The van der Waals surface area contributed by atoms with Gasteiger partial charge in [0.1, 0.15) is 0 Å². The summed E-state index contributed by atoms with van der Waals surface area (Å²) in [6.45, 7) is 2.30. The summed E-state index contributed by atoms with van der Waals surface area (Å²) in [5.41, 5.74) is 4.13. The van der Waals surface area contributed by atoms with Crippen molar-refractivity contribution < 1.29 is 0 Å². The first-order valence-electron chi connectivity index (χ1n) is 14.6. The zero-order chi connectivity index (χ0) is 24.7. The summed E-state index contributed by atoms with van der Waals surface area (Å²) in [6, 6.07) is 25.2. The lowest BCUT2D eigenvalue weighted by Crippen LogP contribution is -1.90. The number of para-hydroxylation sites is 1. The van der Waals surface area contributed by atoms with E-state index in [1.54, 1.807) is 0 Å². The van der Waals surface area contributed by atoms with Crippen LogP contribution in [0.4, 0.5) is 0 Å². The van der Waals surface area contributed by atoms with Gasteiger partial charge in [-0.1, -0.05) is 138 Å². The Hall–Kier alpha value is -2.80. The lowest BCUT2D eigenvalue weighted by atomic mass is 9.96. The van der Waals surface area contributed by atoms with Crippen LogP contribution in [0.1, 0.15) is 89.5 Å². The normalized spacial score (nSPS) is 11.9. The third kappa shape index (κ3) is 5.31. The molecule has 1 aromatic heterocycles. The molecule has 0 fully saturated rings. The van der Waals surface area contributed by atoms with Crippen molar-refractivity contribution in [3.8, 4) is 0 Å². The summed E-state index contributed by atoms with van der Waals surface area (Å²) >= 11 is 0. The fourth-order valence-corrected chi connectivity index (χ4v) is 6.20. The van der Waals surface area contributed by atoms with E-state index in [9.17, 15) is 0 Å². The van der Waals surface area contributed by atoms with Gasteiger partial charge < -0.3 is 4.57 Å². The van der Waals surface area contributed by atoms with Gasteiger partial charge in [-0.05, 0) is 40.6 Å². The molecule has 0 N–H and O–H groups in total. The Bertz CT molecular complexity index is 1440. The van der Waals surface area contributed by atoms with E-state index in [1.165, 1.54) is 132 Å². The van der Waals surface area contributed by atoms with Crippen LogP contribution >= 0.6 is 0 Å². The molecule has 0 spiro atoms. The van der Waals surface area contributed by atoms with Crippen LogP contribution in [0.15, 0.2) is 66.7 Å². The Labute approximate surface area is 217 Å². The number of rotatable bonds is 13. The minimum atomic E-state index is 1.20. The predicted octanol–water partition coefficient (Wildman–Crippen LogP) is 10.9. The monoisotopic (exact) mass is 477 g/mol.